The van der Waals surface area contributed by atoms with Crippen LogP contribution in [0.15, 0.2) is 4.52 Å². The lowest BCUT2D eigenvalue weighted by molar-refractivity contribution is 0.315. The lowest BCUT2D eigenvalue weighted by Crippen LogP contribution is -2.28. The van der Waals surface area contributed by atoms with E-state index in [1.165, 1.54) is 6.42 Å². The smallest absolute Gasteiger partial charge is 0.231 e. The van der Waals surface area contributed by atoms with Crippen molar-refractivity contribution in [2.75, 3.05) is 13.1 Å². The molecule has 4 heteroatoms. The van der Waals surface area contributed by atoms with Crippen LogP contribution in [0, 0.1) is 5.41 Å². The maximum absolute atomic E-state index is 5.35. The Labute approximate surface area is 96.8 Å². The van der Waals surface area contributed by atoms with E-state index < -0.39 is 0 Å². The molecule has 0 aliphatic carbocycles. The highest BCUT2D eigenvalue weighted by molar-refractivity contribution is 4.98. The fraction of sp³-hybridized carbons (Fsp3) is 0.833. The van der Waals surface area contributed by atoms with Gasteiger partial charge in [-0.3, -0.25) is 0 Å². The fourth-order valence-electron chi connectivity index (χ4n) is 2.04. The number of rotatable bonds is 2. The first-order chi connectivity index (χ1) is 7.54. The van der Waals surface area contributed by atoms with Gasteiger partial charge in [0, 0.05) is 13.0 Å². The molecule has 1 aromatic heterocycles. The van der Waals surface area contributed by atoms with Crippen molar-refractivity contribution in [3.05, 3.63) is 11.7 Å². The van der Waals surface area contributed by atoms with Gasteiger partial charge in [-0.1, -0.05) is 25.9 Å². The molecule has 2 heterocycles. The van der Waals surface area contributed by atoms with Gasteiger partial charge in [0.05, 0.1) is 5.92 Å². The second-order valence-electron chi connectivity index (χ2n) is 5.83. The van der Waals surface area contributed by atoms with E-state index in [-0.39, 0.29) is 5.41 Å². The largest absolute Gasteiger partial charge is 0.339 e. The SMILES string of the molecule is CC(C)(C)Cc1noc([C@H]2CCCNC2)n1. The second kappa shape index (κ2) is 4.53. The maximum Gasteiger partial charge on any atom is 0.231 e. The summed E-state index contributed by atoms with van der Waals surface area (Å²) >= 11 is 0. The third-order valence-electron chi connectivity index (χ3n) is 2.82. The van der Waals surface area contributed by atoms with E-state index in [1.54, 1.807) is 0 Å². The zero-order valence-electron chi connectivity index (χ0n) is 10.4. The highest BCUT2D eigenvalue weighted by Gasteiger charge is 2.22. The number of hydrogen-bond donors (Lipinski definition) is 1. The minimum Gasteiger partial charge on any atom is -0.339 e. The molecular weight excluding hydrogens is 202 g/mol. The molecule has 16 heavy (non-hydrogen) atoms. The van der Waals surface area contributed by atoms with Crippen LogP contribution in [0.1, 0.15) is 51.2 Å². The molecule has 0 spiro atoms. The molecule has 1 N–H and O–H groups in total. The van der Waals surface area contributed by atoms with Gasteiger partial charge in [-0.25, -0.2) is 0 Å². The third-order valence-corrected chi connectivity index (χ3v) is 2.82. The average molecular weight is 223 g/mol. The van der Waals surface area contributed by atoms with Crippen molar-refractivity contribution in [3.63, 3.8) is 0 Å². The highest BCUT2D eigenvalue weighted by atomic mass is 16.5. The molecule has 1 aliphatic rings. The Morgan fingerprint density at radius 2 is 2.25 bits per heavy atom. The Kier molecular flexibility index (Phi) is 3.28. The normalized spacial score (nSPS) is 22.3. The van der Waals surface area contributed by atoms with Crippen molar-refractivity contribution in [3.8, 4) is 0 Å². The van der Waals surface area contributed by atoms with E-state index in [2.05, 4.69) is 36.2 Å². The van der Waals surface area contributed by atoms with Crippen LogP contribution in [0.4, 0.5) is 0 Å². The van der Waals surface area contributed by atoms with Gasteiger partial charge < -0.3 is 9.84 Å². The minimum atomic E-state index is 0.214. The van der Waals surface area contributed by atoms with Gasteiger partial charge >= 0.3 is 0 Å². The van der Waals surface area contributed by atoms with Crippen molar-refractivity contribution in [1.29, 1.82) is 0 Å². The topological polar surface area (TPSA) is 51.0 Å². The van der Waals surface area contributed by atoms with Crippen LogP contribution in [0.25, 0.3) is 0 Å². The van der Waals surface area contributed by atoms with E-state index >= 15 is 0 Å². The molecule has 0 aromatic carbocycles. The van der Waals surface area contributed by atoms with Gasteiger partial charge in [0.25, 0.3) is 0 Å². The molecule has 4 nitrogen and oxygen atoms in total. The van der Waals surface area contributed by atoms with Crippen LogP contribution < -0.4 is 5.32 Å². The number of nitrogens with zero attached hydrogens (tertiary/aromatic N) is 2. The molecule has 0 unspecified atom stereocenters. The minimum absolute atomic E-state index is 0.214. The van der Waals surface area contributed by atoms with Gasteiger partial charge in [-0.15, -0.1) is 0 Å². The van der Waals surface area contributed by atoms with Crippen molar-refractivity contribution in [2.24, 2.45) is 5.41 Å². The van der Waals surface area contributed by atoms with E-state index in [4.69, 9.17) is 4.52 Å². The molecule has 1 aromatic rings. The standard InChI is InChI=1S/C12H21N3O/c1-12(2,3)7-10-14-11(16-15-10)9-5-4-6-13-8-9/h9,13H,4-8H2,1-3H3/t9-/m0/s1. The van der Waals surface area contributed by atoms with E-state index in [1.807, 2.05) is 0 Å². The summed E-state index contributed by atoms with van der Waals surface area (Å²) in [6, 6.07) is 0. The summed E-state index contributed by atoms with van der Waals surface area (Å²) < 4.78 is 5.35. The molecule has 1 saturated heterocycles. The summed E-state index contributed by atoms with van der Waals surface area (Å²) in [5.74, 6) is 2.06. The Morgan fingerprint density at radius 1 is 1.44 bits per heavy atom. The van der Waals surface area contributed by atoms with Gasteiger partial charge in [0.15, 0.2) is 5.82 Å². The third kappa shape index (κ3) is 3.04. The predicted molar refractivity (Wildman–Crippen MR) is 62.3 cm³/mol. The van der Waals surface area contributed by atoms with Crippen molar-refractivity contribution < 1.29 is 4.52 Å². The van der Waals surface area contributed by atoms with Crippen molar-refractivity contribution >= 4 is 0 Å². The monoisotopic (exact) mass is 223 g/mol. The highest BCUT2D eigenvalue weighted by Crippen LogP contribution is 2.23. The second-order valence-corrected chi connectivity index (χ2v) is 5.83. The first-order valence-corrected chi connectivity index (χ1v) is 6.08. The van der Waals surface area contributed by atoms with Crippen LogP contribution in [-0.2, 0) is 6.42 Å². The molecule has 0 radical (unpaired) electrons. The lowest BCUT2D eigenvalue weighted by Gasteiger charge is -2.18. The van der Waals surface area contributed by atoms with Crippen molar-refractivity contribution in [1.82, 2.24) is 15.5 Å². The molecule has 90 valence electrons. The molecule has 1 fully saturated rings. The van der Waals surface area contributed by atoms with Gasteiger partial charge in [-0.2, -0.15) is 4.98 Å². The quantitative estimate of drug-likeness (QED) is 0.834. The number of hydrogen-bond acceptors (Lipinski definition) is 4. The molecule has 1 aliphatic heterocycles. The Bertz CT molecular complexity index is 334. The maximum atomic E-state index is 5.35. The molecular formula is C12H21N3O. The van der Waals surface area contributed by atoms with Gasteiger partial charge in [0.2, 0.25) is 5.89 Å². The fourth-order valence-corrected chi connectivity index (χ4v) is 2.04. The van der Waals surface area contributed by atoms with E-state index in [0.29, 0.717) is 5.92 Å². The first kappa shape index (κ1) is 11.6. The Hall–Kier alpha value is -0.900. The molecule has 0 saturated carbocycles. The zero-order chi connectivity index (χ0) is 11.6. The average Bonchev–Trinajstić information content (AvgIpc) is 2.65. The summed E-state index contributed by atoms with van der Waals surface area (Å²) in [6.45, 7) is 8.64. The van der Waals surface area contributed by atoms with Crippen molar-refractivity contribution in [2.45, 2.75) is 46.0 Å². The van der Waals surface area contributed by atoms with Crippen LogP contribution in [0.3, 0.4) is 0 Å². The summed E-state index contributed by atoms with van der Waals surface area (Å²) in [5, 5.41) is 7.43. The number of nitrogens with one attached hydrogen (secondary N) is 1. The predicted octanol–water partition coefficient (Wildman–Crippen LogP) is 2.13. The summed E-state index contributed by atoms with van der Waals surface area (Å²) in [4.78, 5) is 4.50. The lowest BCUT2D eigenvalue weighted by atomic mass is 9.92. The number of aromatic nitrogens is 2. The molecule has 0 amide bonds. The van der Waals surface area contributed by atoms with Gasteiger partial charge in [-0.05, 0) is 24.8 Å². The summed E-state index contributed by atoms with van der Waals surface area (Å²) in [5.41, 5.74) is 0.214. The zero-order valence-corrected chi connectivity index (χ0v) is 10.4. The van der Waals surface area contributed by atoms with Crippen LogP contribution in [0.5, 0.6) is 0 Å². The van der Waals surface area contributed by atoms with Crippen LogP contribution in [0.2, 0.25) is 0 Å². The summed E-state index contributed by atoms with van der Waals surface area (Å²) in [7, 11) is 0. The van der Waals surface area contributed by atoms with Gasteiger partial charge in [0.1, 0.15) is 0 Å². The van der Waals surface area contributed by atoms with E-state index in [9.17, 15) is 0 Å². The first-order valence-electron chi connectivity index (χ1n) is 6.08. The van der Waals surface area contributed by atoms with Crippen LogP contribution in [-0.4, -0.2) is 23.2 Å². The molecule has 0 bridgehead atoms. The Morgan fingerprint density at radius 3 is 2.88 bits per heavy atom. The van der Waals surface area contributed by atoms with Crippen LogP contribution >= 0.6 is 0 Å². The number of piperidine rings is 1. The Balaban J connectivity index is 2.01. The molecule has 1 atom stereocenters. The summed E-state index contributed by atoms with van der Waals surface area (Å²) in [6.07, 6.45) is 3.22. The molecule has 2 rings (SSSR count). The van der Waals surface area contributed by atoms with E-state index in [0.717, 1.165) is 37.6 Å².